The molecule has 0 spiro atoms. The zero-order valence-electron chi connectivity index (χ0n) is 10.1. The van der Waals surface area contributed by atoms with Gasteiger partial charge in [-0.25, -0.2) is 0 Å². The topological polar surface area (TPSA) is 6.48 Å². The van der Waals surface area contributed by atoms with Crippen molar-refractivity contribution in [3.05, 3.63) is 0 Å². The third-order valence-corrected chi connectivity index (χ3v) is 3.57. The number of likely N-dealkylation sites (N-methyl/N-ethyl adjacent to an activating group) is 2. The van der Waals surface area contributed by atoms with Gasteiger partial charge in [0.25, 0.3) is 0 Å². The van der Waals surface area contributed by atoms with Gasteiger partial charge in [0.15, 0.2) is 0 Å². The molecule has 0 radical (unpaired) electrons. The average Bonchev–Trinajstić information content (AvgIpc) is 2.26. The van der Waals surface area contributed by atoms with Crippen LogP contribution in [0.3, 0.4) is 0 Å². The Morgan fingerprint density at radius 2 is 1.64 bits per heavy atom. The summed E-state index contributed by atoms with van der Waals surface area (Å²) in [6.07, 6.45) is 7.19. The first kappa shape index (κ1) is 12.0. The van der Waals surface area contributed by atoms with E-state index in [0.29, 0.717) is 0 Å². The molecule has 0 bridgehead atoms. The van der Waals surface area contributed by atoms with E-state index in [1.807, 2.05) is 0 Å². The van der Waals surface area contributed by atoms with Crippen LogP contribution in [0, 0.1) is 0 Å². The summed E-state index contributed by atoms with van der Waals surface area (Å²) in [5.74, 6) is 0. The van der Waals surface area contributed by atoms with Crippen LogP contribution in [-0.4, -0.2) is 49.6 Å². The zero-order valence-corrected chi connectivity index (χ0v) is 10.1. The summed E-state index contributed by atoms with van der Waals surface area (Å²) in [7, 11) is 4.49. The highest BCUT2D eigenvalue weighted by molar-refractivity contribution is 4.73. The third kappa shape index (κ3) is 3.97. The van der Waals surface area contributed by atoms with E-state index in [9.17, 15) is 0 Å². The van der Waals surface area contributed by atoms with Gasteiger partial charge in [0, 0.05) is 19.1 Å². The van der Waals surface area contributed by atoms with Gasteiger partial charge in [0.05, 0.1) is 0 Å². The molecule has 1 aliphatic rings. The molecule has 0 unspecified atom stereocenters. The monoisotopic (exact) mass is 198 g/mol. The highest BCUT2D eigenvalue weighted by atomic mass is 15.2. The second-order valence-electron chi connectivity index (χ2n) is 4.67. The van der Waals surface area contributed by atoms with Crippen LogP contribution in [0.2, 0.25) is 0 Å². The van der Waals surface area contributed by atoms with E-state index in [4.69, 9.17) is 0 Å². The first-order valence-electron chi connectivity index (χ1n) is 6.12. The van der Waals surface area contributed by atoms with E-state index in [2.05, 4.69) is 30.8 Å². The van der Waals surface area contributed by atoms with Crippen LogP contribution in [0.5, 0.6) is 0 Å². The SMILES string of the molecule is CCN(C)CCN(C)C1CCCCC1. The molecule has 0 N–H and O–H groups in total. The third-order valence-electron chi connectivity index (χ3n) is 3.57. The molecule has 0 heterocycles. The van der Waals surface area contributed by atoms with Gasteiger partial charge in [-0.1, -0.05) is 26.2 Å². The lowest BCUT2D eigenvalue weighted by Crippen LogP contribution is -2.38. The summed E-state index contributed by atoms with van der Waals surface area (Å²) in [6.45, 7) is 5.83. The maximum Gasteiger partial charge on any atom is 0.0109 e. The molecular formula is C12H26N2. The van der Waals surface area contributed by atoms with E-state index in [-0.39, 0.29) is 0 Å². The Hall–Kier alpha value is -0.0800. The van der Waals surface area contributed by atoms with Gasteiger partial charge >= 0.3 is 0 Å². The second kappa shape index (κ2) is 6.41. The van der Waals surface area contributed by atoms with Crippen LogP contribution in [0.25, 0.3) is 0 Å². The second-order valence-corrected chi connectivity index (χ2v) is 4.67. The Morgan fingerprint density at radius 3 is 2.21 bits per heavy atom. The maximum atomic E-state index is 2.56. The molecule has 2 heteroatoms. The fraction of sp³-hybridized carbons (Fsp3) is 1.00. The summed E-state index contributed by atoms with van der Waals surface area (Å²) < 4.78 is 0. The number of nitrogens with zero attached hydrogens (tertiary/aromatic N) is 2. The highest BCUT2D eigenvalue weighted by Gasteiger charge is 2.17. The molecule has 14 heavy (non-hydrogen) atoms. The molecule has 0 aromatic heterocycles. The van der Waals surface area contributed by atoms with Gasteiger partial charge in [0.1, 0.15) is 0 Å². The van der Waals surface area contributed by atoms with Crippen molar-refractivity contribution in [2.24, 2.45) is 0 Å². The van der Waals surface area contributed by atoms with Crippen LogP contribution in [0.1, 0.15) is 39.0 Å². The van der Waals surface area contributed by atoms with Crippen molar-refractivity contribution in [1.82, 2.24) is 9.80 Å². The van der Waals surface area contributed by atoms with Crippen molar-refractivity contribution in [3.63, 3.8) is 0 Å². The van der Waals surface area contributed by atoms with Gasteiger partial charge in [-0.3, -0.25) is 0 Å². The molecule has 0 aliphatic heterocycles. The average molecular weight is 198 g/mol. The molecule has 0 aromatic carbocycles. The largest absolute Gasteiger partial charge is 0.305 e. The molecule has 1 saturated carbocycles. The normalized spacial score (nSPS) is 19.5. The lowest BCUT2D eigenvalue weighted by atomic mass is 9.94. The lowest BCUT2D eigenvalue weighted by molar-refractivity contribution is 0.172. The van der Waals surface area contributed by atoms with Crippen molar-refractivity contribution in [2.45, 2.75) is 45.1 Å². The van der Waals surface area contributed by atoms with Crippen LogP contribution < -0.4 is 0 Å². The number of hydrogen-bond donors (Lipinski definition) is 0. The van der Waals surface area contributed by atoms with Gasteiger partial charge in [-0.15, -0.1) is 0 Å². The number of hydrogen-bond acceptors (Lipinski definition) is 2. The molecule has 0 saturated heterocycles. The Balaban J connectivity index is 2.16. The summed E-state index contributed by atoms with van der Waals surface area (Å²) in [6, 6.07) is 0.869. The maximum absolute atomic E-state index is 2.56. The van der Waals surface area contributed by atoms with E-state index >= 15 is 0 Å². The van der Waals surface area contributed by atoms with Crippen molar-refractivity contribution in [3.8, 4) is 0 Å². The van der Waals surface area contributed by atoms with Gasteiger partial charge in [-0.05, 0) is 33.5 Å². The Kier molecular flexibility index (Phi) is 5.49. The van der Waals surface area contributed by atoms with Gasteiger partial charge in [-0.2, -0.15) is 0 Å². The van der Waals surface area contributed by atoms with Gasteiger partial charge < -0.3 is 9.80 Å². The summed E-state index contributed by atoms with van der Waals surface area (Å²) in [5.41, 5.74) is 0. The standard InChI is InChI=1S/C12H26N2/c1-4-13(2)10-11-14(3)12-8-6-5-7-9-12/h12H,4-11H2,1-3H3. The summed E-state index contributed by atoms with van der Waals surface area (Å²) in [5, 5.41) is 0. The predicted molar refractivity (Wildman–Crippen MR) is 62.7 cm³/mol. The van der Waals surface area contributed by atoms with Crippen LogP contribution in [0.15, 0.2) is 0 Å². The molecule has 0 amide bonds. The summed E-state index contributed by atoms with van der Waals surface area (Å²) in [4.78, 5) is 4.95. The minimum atomic E-state index is 0.869. The quantitative estimate of drug-likeness (QED) is 0.668. The number of rotatable bonds is 5. The van der Waals surface area contributed by atoms with Crippen LogP contribution in [0.4, 0.5) is 0 Å². The highest BCUT2D eigenvalue weighted by Crippen LogP contribution is 2.21. The molecule has 0 atom stereocenters. The van der Waals surface area contributed by atoms with E-state index in [1.54, 1.807) is 0 Å². The predicted octanol–water partition coefficient (Wildman–Crippen LogP) is 2.20. The molecule has 0 aromatic rings. The first-order valence-corrected chi connectivity index (χ1v) is 6.12. The van der Waals surface area contributed by atoms with Gasteiger partial charge in [0.2, 0.25) is 0 Å². The summed E-state index contributed by atoms with van der Waals surface area (Å²) >= 11 is 0. The Bertz CT molecular complexity index is 141. The lowest BCUT2D eigenvalue weighted by Gasteiger charge is -2.32. The fourth-order valence-corrected chi connectivity index (χ4v) is 2.19. The van der Waals surface area contributed by atoms with E-state index < -0.39 is 0 Å². The van der Waals surface area contributed by atoms with E-state index in [1.165, 1.54) is 51.7 Å². The van der Waals surface area contributed by atoms with Crippen molar-refractivity contribution >= 4 is 0 Å². The fourth-order valence-electron chi connectivity index (χ4n) is 2.19. The van der Waals surface area contributed by atoms with Crippen LogP contribution in [-0.2, 0) is 0 Å². The van der Waals surface area contributed by atoms with Crippen molar-refractivity contribution < 1.29 is 0 Å². The van der Waals surface area contributed by atoms with Crippen molar-refractivity contribution in [2.75, 3.05) is 33.7 Å². The first-order chi connectivity index (χ1) is 6.74. The Labute approximate surface area is 89.3 Å². The minimum absolute atomic E-state index is 0.869. The smallest absolute Gasteiger partial charge is 0.0109 e. The molecule has 1 rings (SSSR count). The van der Waals surface area contributed by atoms with Crippen LogP contribution >= 0.6 is 0 Å². The van der Waals surface area contributed by atoms with Crippen molar-refractivity contribution in [1.29, 1.82) is 0 Å². The zero-order chi connectivity index (χ0) is 10.4. The van der Waals surface area contributed by atoms with E-state index in [0.717, 1.165) is 6.04 Å². The molecule has 84 valence electrons. The molecular weight excluding hydrogens is 172 g/mol. The minimum Gasteiger partial charge on any atom is -0.305 e. The molecule has 2 nitrogen and oxygen atoms in total. The molecule has 1 aliphatic carbocycles. The molecule has 1 fully saturated rings. The Morgan fingerprint density at radius 1 is 1.00 bits per heavy atom.